The number of rotatable bonds is 6. The van der Waals surface area contributed by atoms with Crippen molar-refractivity contribution in [1.29, 1.82) is 0 Å². The minimum absolute atomic E-state index is 0.164. The Hall–Kier alpha value is -0.570. The molecular formula is C9H18O3. The molecule has 0 saturated carbocycles. The van der Waals surface area contributed by atoms with Crippen LogP contribution >= 0.6 is 0 Å². The van der Waals surface area contributed by atoms with Gasteiger partial charge in [0.05, 0.1) is 7.11 Å². The molecule has 0 aromatic rings. The third-order valence-corrected chi connectivity index (χ3v) is 1.35. The average Bonchev–Trinajstić information content (AvgIpc) is 2.03. The molecule has 0 unspecified atom stereocenters. The van der Waals surface area contributed by atoms with Crippen molar-refractivity contribution in [1.82, 2.24) is 0 Å². The Morgan fingerprint density at radius 3 is 2.58 bits per heavy atom. The summed E-state index contributed by atoms with van der Waals surface area (Å²) in [4.78, 5) is 10.6. The Kier molecular flexibility index (Phi) is 6.76. The number of hydrogen-bond donors (Lipinski definition) is 0. The number of hydrogen-bond acceptors (Lipinski definition) is 3. The lowest BCUT2D eigenvalue weighted by Crippen LogP contribution is -2.06. The Labute approximate surface area is 74.0 Å². The van der Waals surface area contributed by atoms with E-state index in [1.165, 1.54) is 7.11 Å². The van der Waals surface area contributed by atoms with Crippen LogP contribution in [0.15, 0.2) is 0 Å². The zero-order valence-electron chi connectivity index (χ0n) is 8.13. The van der Waals surface area contributed by atoms with Gasteiger partial charge in [0.2, 0.25) is 0 Å². The maximum absolute atomic E-state index is 10.6. The molecule has 0 bridgehead atoms. The highest BCUT2D eigenvalue weighted by Crippen LogP contribution is 1.96. The molecule has 0 N–H and O–H groups in total. The molecule has 0 fully saturated rings. The molecule has 0 aliphatic heterocycles. The van der Waals surface area contributed by atoms with E-state index < -0.39 is 0 Å². The van der Waals surface area contributed by atoms with Gasteiger partial charge in [0.25, 0.3) is 0 Å². The molecule has 3 heteroatoms. The van der Waals surface area contributed by atoms with Gasteiger partial charge in [0.15, 0.2) is 0 Å². The van der Waals surface area contributed by atoms with Gasteiger partial charge in [-0.3, -0.25) is 4.79 Å². The molecular weight excluding hydrogens is 156 g/mol. The quantitative estimate of drug-likeness (QED) is 0.453. The molecule has 0 aliphatic carbocycles. The SMILES string of the molecule is COC(=O)CCCOCC(C)C. The van der Waals surface area contributed by atoms with E-state index in [0.29, 0.717) is 18.9 Å². The first-order valence-corrected chi connectivity index (χ1v) is 4.31. The topological polar surface area (TPSA) is 35.5 Å². The first kappa shape index (κ1) is 11.4. The zero-order valence-corrected chi connectivity index (χ0v) is 8.13. The fourth-order valence-electron chi connectivity index (χ4n) is 0.740. The third-order valence-electron chi connectivity index (χ3n) is 1.35. The average molecular weight is 174 g/mol. The van der Waals surface area contributed by atoms with Gasteiger partial charge >= 0.3 is 5.97 Å². The molecule has 3 nitrogen and oxygen atoms in total. The summed E-state index contributed by atoms with van der Waals surface area (Å²) in [5.74, 6) is 0.395. The van der Waals surface area contributed by atoms with Crippen molar-refractivity contribution in [3.8, 4) is 0 Å². The summed E-state index contributed by atoms with van der Waals surface area (Å²) in [5, 5.41) is 0. The predicted octanol–water partition coefficient (Wildman–Crippen LogP) is 1.61. The summed E-state index contributed by atoms with van der Waals surface area (Å²) in [6, 6.07) is 0. The van der Waals surface area contributed by atoms with Crippen molar-refractivity contribution >= 4 is 5.97 Å². The van der Waals surface area contributed by atoms with Gasteiger partial charge in [-0.1, -0.05) is 13.8 Å². The summed E-state index contributed by atoms with van der Waals surface area (Å²) in [5.41, 5.74) is 0. The van der Waals surface area contributed by atoms with E-state index in [-0.39, 0.29) is 5.97 Å². The minimum atomic E-state index is -0.164. The highest BCUT2D eigenvalue weighted by atomic mass is 16.5. The summed E-state index contributed by atoms with van der Waals surface area (Å²) >= 11 is 0. The summed E-state index contributed by atoms with van der Waals surface area (Å²) in [6.07, 6.45) is 1.20. The first-order valence-electron chi connectivity index (χ1n) is 4.31. The summed E-state index contributed by atoms with van der Waals surface area (Å²) in [7, 11) is 1.40. The molecule has 12 heavy (non-hydrogen) atoms. The lowest BCUT2D eigenvalue weighted by Gasteiger charge is -2.05. The van der Waals surface area contributed by atoms with Crippen molar-refractivity contribution in [2.75, 3.05) is 20.3 Å². The van der Waals surface area contributed by atoms with Crippen molar-refractivity contribution in [3.63, 3.8) is 0 Å². The fourth-order valence-corrected chi connectivity index (χ4v) is 0.740. The van der Waals surface area contributed by atoms with Crippen LogP contribution in [0, 0.1) is 5.92 Å². The van der Waals surface area contributed by atoms with Crippen LogP contribution in [0.3, 0.4) is 0 Å². The van der Waals surface area contributed by atoms with Gasteiger partial charge in [-0.15, -0.1) is 0 Å². The zero-order chi connectivity index (χ0) is 9.40. The number of ether oxygens (including phenoxy) is 2. The molecule has 0 rings (SSSR count). The predicted molar refractivity (Wildman–Crippen MR) is 46.9 cm³/mol. The lowest BCUT2D eigenvalue weighted by atomic mass is 10.2. The van der Waals surface area contributed by atoms with Crippen LogP contribution < -0.4 is 0 Å². The maximum Gasteiger partial charge on any atom is 0.305 e. The fraction of sp³-hybridized carbons (Fsp3) is 0.889. The number of carbonyl (C=O) groups excluding carboxylic acids is 1. The molecule has 0 spiro atoms. The van der Waals surface area contributed by atoms with Crippen LogP contribution in [0.1, 0.15) is 26.7 Å². The second-order valence-corrected chi connectivity index (χ2v) is 3.15. The monoisotopic (exact) mass is 174 g/mol. The van der Waals surface area contributed by atoms with Crippen molar-refractivity contribution < 1.29 is 14.3 Å². The van der Waals surface area contributed by atoms with Crippen LogP contribution in [-0.2, 0) is 14.3 Å². The molecule has 72 valence electrons. The van der Waals surface area contributed by atoms with Gasteiger partial charge in [0, 0.05) is 19.6 Å². The smallest absolute Gasteiger partial charge is 0.305 e. The van der Waals surface area contributed by atoms with E-state index in [0.717, 1.165) is 13.0 Å². The van der Waals surface area contributed by atoms with Crippen molar-refractivity contribution in [3.05, 3.63) is 0 Å². The Bertz CT molecular complexity index is 121. The first-order chi connectivity index (χ1) is 5.66. The molecule has 0 heterocycles. The summed E-state index contributed by atoms with van der Waals surface area (Å²) < 4.78 is 9.77. The third kappa shape index (κ3) is 7.54. The Morgan fingerprint density at radius 2 is 2.08 bits per heavy atom. The normalized spacial score (nSPS) is 10.3. The second kappa shape index (κ2) is 7.10. The molecule has 0 saturated heterocycles. The molecule has 0 aliphatic rings. The summed E-state index contributed by atoms with van der Waals surface area (Å²) in [6.45, 7) is 5.61. The van der Waals surface area contributed by atoms with Crippen LogP contribution in [0.5, 0.6) is 0 Å². The van der Waals surface area contributed by atoms with Crippen molar-refractivity contribution in [2.45, 2.75) is 26.7 Å². The molecule has 0 aromatic heterocycles. The van der Waals surface area contributed by atoms with Crippen LogP contribution in [0.25, 0.3) is 0 Å². The largest absolute Gasteiger partial charge is 0.469 e. The van der Waals surface area contributed by atoms with Gasteiger partial charge in [-0.2, -0.15) is 0 Å². The van der Waals surface area contributed by atoms with Gasteiger partial charge in [-0.25, -0.2) is 0 Å². The number of esters is 1. The number of methoxy groups -OCH3 is 1. The van der Waals surface area contributed by atoms with Crippen LogP contribution in [-0.4, -0.2) is 26.3 Å². The van der Waals surface area contributed by atoms with Crippen LogP contribution in [0.2, 0.25) is 0 Å². The highest BCUT2D eigenvalue weighted by molar-refractivity contribution is 5.68. The van der Waals surface area contributed by atoms with E-state index >= 15 is 0 Å². The standard InChI is InChI=1S/C9H18O3/c1-8(2)7-12-6-4-5-9(10)11-3/h8H,4-7H2,1-3H3. The van der Waals surface area contributed by atoms with E-state index in [4.69, 9.17) is 4.74 Å². The van der Waals surface area contributed by atoms with E-state index in [9.17, 15) is 4.79 Å². The number of carbonyl (C=O) groups is 1. The van der Waals surface area contributed by atoms with Crippen molar-refractivity contribution in [2.24, 2.45) is 5.92 Å². The highest BCUT2D eigenvalue weighted by Gasteiger charge is 1.99. The molecule has 0 atom stereocenters. The van der Waals surface area contributed by atoms with Crippen LogP contribution in [0.4, 0.5) is 0 Å². The van der Waals surface area contributed by atoms with E-state index in [1.54, 1.807) is 0 Å². The van der Waals surface area contributed by atoms with Gasteiger partial charge in [-0.05, 0) is 12.3 Å². The van der Waals surface area contributed by atoms with Gasteiger partial charge < -0.3 is 9.47 Å². The van der Waals surface area contributed by atoms with Gasteiger partial charge in [0.1, 0.15) is 0 Å². The Balaban J connectivity index is 3.05. The second-order valence-electron chi connectivity index (χ2n) is 3.15. The Morgan fingerprint density at radius 1 is 1.42 bits per heavy atom. The van der Waals surface area contributed by atoms with E-state index in [1.807, 2.05) is 0 Å². The van der Waals surface area contributed by atoms with E-state index in [2.05, 4.69) is 18.6 Å². The molecule has 0 radical (unpaired) electrons. The minimum Gasteiger partial charge on any atom is -0.469 e. The maximum atomic E-state index is 10.6. The molecule has 0 amide bonds. The molecule has 0 aromatic carbocycles. The lowest BCUT2D eigenvalue weighted by molar-refractivity contribution is -0.141.